The largest absolute Gasteiger partial charge is 0.353 e. The van der Waals surface area contributed by atoms with Crippen molar-refractivity contribution in [3.05, 3.63) is 60.7 Å². The molecule has 1 heterocycles. The minimum atomic E-state index is -0.853. The number of amides is 2. The van der Waals surface area contributed by atoms with Gasteiger partial charge < -0.3 is 9.47 Å². The summed E-state index contributed by atoms with van der Waals surface area (Å²) < 4.78 is 11.1. The molecule has 0 spiro atoms. The van der Waals surface area contributed by atoms with Gasteiger partial charge in [0.1, 0.15) is 5.92 Å². The number of carbonyl (C=O) groups excluding carboxylic acids is 2. The zero-order chi connectivity index (χ0) is 19.2. The molecule has 0 N–H and O–H groups in total. The summed E-state index contributed by atoms with van der Waals surface area (Å²) in [6.07, 6.45) is -0.405. The summed E-state index contributed by atoms with van der Waals surface area (Å²) in [5.41, 5.74) is 1.29. The molecule has 27 heavy (non-hydrogen) atoms. The number of para-hydroxylation sites is 2. The van der Waals surface area contributed by atoms with E-state index in [2.05, 4.69) is 0 Å². The summed E-state index contributed by atoms with van der Waals surface area (Å²) >= 11 is 0. The second-order valence-corrected chi connectivity index (χ2v) is 6.10. The molecular weight excluding hydrogens is 344 g/mol. The van der Waals surface area contributed by atoms with Gasteiger partial charge in [-0.2, -0.15) is 0 Å². The lowest BCUT2D eigenvalue weighted by Crippen LogP contribution is -2.41. The quantitative estimate of drug-likeness (QED) is 0.529. The second kappa shape index (κ2) is 8.79. The van der Waals surface area contributed by atoms with Crippen LogP contribution in [-0.2, 0) is 19.1 Å². The Kier molecular flexibility index (Phi) is 6.21. The molecule has 3 rings (SSSR count). The number of ether oxygens (including phenoxy) is 2. The molecule has 1 aliphatic heterocycles. The first-order chi connectivity index (χ1) is 13.2. The zero-order valence-corrected chi connectivity index (χ0v) is 15.6. The summed E-state index contributed by atoms with van der Waals surface area (Å²) in [6, 6.07) is 18.3. The van der Waals surface area contributed by atoms with Gasteiger partial charge in [-0.05, 0) is 38.1 Å². The van der Waals surface area contributed by atoms with Gasteiger partial charge in [-0.3, -0.25) is 9.59 Å². The second-order valence-electron chi connectivity index (χ2n) is 6.10. The Morgan fingerprint density at radius 1 is 0.778 bits per heavy atom. The highest BCUT2D eigenvalue weighted by Crippen LogP contribution is 2.33. The van der Waals surface area contributed by atoms with E-state index in [1.165, 1.54) is 10.0 Å². The fourth-order valence-electron chi connectivity index (χ4n) is 3.17. The smallest absolute Gasteiger partial charge is 0.259 e. The van der Waals surface area contributed by atoms with Crippen molar-refractivity contribution in [2.24, 2.45) is 5.92 Å². The maximum absolute atomic E-state index is 13.2. The van der Waals surface area contributed by atoms with Crippen molar-refractivity contribution in [2.75, 3.05) is 23.2 Å². The van der Waals surface area contributed by atoms with Crippen molar-refractivity contribution in [1.82, 2.24) is 0 Å². The summed E-state index contributed by atoms with van der Waals surface area (Å²) in [5.74, 6) is -1.41. The first-order valence-corrected chi connectivity index (χ1v) is 9.18. The van der Waals surface area contributed by atoms with Gasteiger partial charge >= 0.3 is 0 Å². The third-order valence-corrected chi connectivity index (χ3v) is 4.35. The molecule has 6 nitrogen and oxygen atoms in total. The third-order valence-electron chi connectivity index (χ3n) is 4.35. The number of carbonyl (C=O) groups is 2. The zero-order valence-electron chi connectivity index (χ0n) is 15.6. The lowest BCUT2D eigenvalue weighted by Gasteiger charge is -2.27. The van der Waals surface area contributed by atoms with Crippen LogP contribution in [0.4, 0.5) is 11.4 Å². The molecule has 0 bridgehead atoms. The molecule has 0 saturated carbocycles. The SMILES string of the molecule is CCOC(CC1C(=O)N(c2ccccc2)N(c2ccccc2)C1=O)OCC. The van der Waals surface area contributed by atoms with E-state index in [9.17, 15) is 9.59 Å². The molecule has 2 aromatic rings. The highest BCUT2D eigenvalue weighted by atomic mass is 16.7. The van der Waals surface area contributed by atoms with Crippen LogP contribution in [0.15, 0.2) is 60.7 Å². The van der Waals surface area contributed by atoms with E-state index in [1.54, 1.807) is 0 Å². The van der Waals surface area contributed by atoms with Gasteiger partial charge in [0.15, 0.2) is 6.29 Å². The Labute approximate surface area is 159 Å². The van der Waals surface area contributed by atoms with Crippen LogP contribution in [0.1, 0.15) is 20.3 Å². The van der Waals surface area contributed by atoms with E-state index in [0.29, 0.717) is 24.6 Å². The predicted octanol–water partition coefficient (Wildman–Crippen LogP) is 3.39. The standard InChI is InChI=1S/C21H24N2O4/c1-3-26-19(27-4-2)15-18-20(24)22(16-11-7-5-8-12-16)23(21(18)25)17-13-9-6-10-14-17/h5-14,18-19H,3-4,15H2,1-2H3. The lowest BCUT2D eigenvalue weighted by atomic mass is 10.0. The van der Waals surface area contributed by atoms with Gasteiger partial charge in [0.2, 0.25) is 0 Å². The van der Waals surface area contributed by atoms with Crippen molar-refractivity contribution in [3.63, 3.8) is 0 Å². The number of rotatable bonds is 8. The van der Waals surface area contributed by atoms with Crippen LogP contribution < -0.4 is 10.0 Å². The molecule has 2 amide bonds. The Morgan fingerprint density at radius 2 is 1.19 bits per heavy atom. The number of nitrogens with zero attached hydrogens (tertiary/aromatic N) is 2. The number of anilines is 2. The number of hydrogen-bond acceptors (Lipinski definition) is 4. The molecule has 0 atom stereocenters. The van der Waals surface area contributed by atoms with E-state index >= 15 is 0 Å². The molecule has 142 valence electrons. The molecule has 2 aromatic carbocycles. The molecular formula is C21H24N2O4. The Hall–Kier alpha value is -2.70. The molecule has 0 aliphatic carbocycles. The van der Waals surface area contributed by atoms with E-state index in [4.69, 9.17) is 9.47 Å². The summed E-state index contributed by atoms with van der Waals surface area (Å²) in [4.78, 5) is 26.4. The van der Waals surface area contributed by atoms with Crippen molar-refractivity contribution in [1.29, 1.82) is 0 Å². The minimum absolute atomic E-state index is 0.187. The minimum Gasteiger partial charge on any atom is -0.353 e. The lowest BCUT2D eigenvalue weighted by molar-refractivity contribution is -0.154. The summed E-state index contributed by atoms with van der Waals surface area (Å²) in [6.45, 7) is 4.61. The van der Waals surface area contributed by atoms with Crippen LogP contribution >= 0.6 is 0 Å². The molecule has 6 heteroatoms. The molecule has 0 aromatic heterocycles. The van der Waals surface area contributed by atoms with Crippen molar-refractivity contribution in [2.45, 2.75) is 26.6 Å². The first kappa shape index (κ1) is 19.1. The van der Waals surface area contributed by atoms with Gasteiger partial charge in [-0.1, -0.05) is 36.4 Å². The summed E-state index contributed by atoms with van der Waals surface area (Å²) in [5, 5.41) is 2.88. The predicted molar refractivity (Wildman–Crippen MR) is 103 cm³/mol. The van der Waals surface area contributed by atoms with Gasteiger partial charge in [0.25, 0.3) is 11.8 Å². The average Bonchev–Trinajstić information content (AvgIpc) is 2.94. The first-order valence-electron chi connectivity index (χ1n) is 9.18. The molecule has 1 fully saturated rings. The maximum atomic E-state index is 13.2. The third kappa shape index (κ3) is 4.02. The van der Waals surface area contributed by atoms with Crippen LogP contribution in [0.2, 0.25) is 0 Å². The Balaban J connectivity index is 1.95. The summed E-state index contributed by atoms with van der Waals surface area (Å²) in [7, 11) is 0. The van der Waals surface area contributed by atoms with Crippen LogP contribution in [0.5, 0.6) is 0 Å². The van der Waals surface area contributed by atoms with E-state index < -0.39 is 12.2 Å². The van der Waals surface area contributed by atoms with Crippen molar-refractivity contribution < 1.29 is 19.1 Å². The molecule has 1 aliphatic rings. The van der Waals surface area contributed by atoms with E-state index in [0.717, 1.165) is 0 Å². The van der Waals surface area contributed by atoms with Gasteiger partial charge in [-0.15, -0.1) is 0 Å². The Morgan fingerprint density at radius 3 is 1.56 bits per heavy atom. The van der Waals surface area contributed by atoms with Crippen LogP contribution in [-0.4, -0.2) is 31.3 Å². The fraction of sp³-hybridized carbons (Fsp3) is 0.333. The van der Waals surface area contributed by atoms with E-state index in [1.807, 2.05) is 74.5 Å². The van der Waals surface area contributed by atoms with Crippen molar-refractivity contribution in [3.8, 4) is 0 Å². The van der Waals surface area contributed by atoms with Gasteiger partial charge in [-0.25, -0.2) is 10.0 Å². The number of benzene rings is 2. The van der Waals surface area contributed by atoms with Gasteiger partial charge in [0.05, 0.1) is 11.4 Å². The van der Waals surface area contributed by atoms with Crippen molar-refractivity contribution >= 4 is 23.2 Å². The normalized spacial score (nSPS) is 15.2. The highest BCUT2D eigenvalue weighted by Gasteiger charge is 2.48. The fourth-order valence-corrected chi connectivity index (χ4v) is 3.17. The van der Waals surface area contributed by atoms with Crippen LogP contribution in [0.25, 0.3) is 0 Å². The molecule has 1 saturated heterocycles. The molecule has 0 radical (unpaired) electrons. The number of hydrazine groups is 1. The molecule has 0 unspecified atom stereocenters. The maximum Gasteiger partial charge on any atom is 0.259 e. The van der Waals surface area contributed by atoms with Gasteiger partial charge in [0, 0.05) is 19.6 Å². The van der Waals surface area contributed by atoms with E-state index in [-0.39, 0.29) is 18.2 Å². The van der Waals surface area contributed by atoms with Crippen LogP contribution in [0, 0.1) is 5.92 Å². The highest BCUT2D eigenvalue weighted by molar-refractivity contribution is 6.23. The monoisotopic (exact) mass is 368 g/mol. The topological polar surface area (TPSA) is 59.1 Å². The number of hydrogen-bond donors (Lipinski definition) is 0. The Bertz CT molecular complexity index is 703. The average molecular weight is 368 g/mol. The van der Waals surface area contributed by atoms with Crippen LogP contribution in [0.3, 0.4) is 0 Å².